The van der Waals surface area contributed by atoms with E-state index in [9.17, 15) is 9.59 Å². The minimum Gasteiger partial charge on any atom is -0.352 e. The molecule has 0 aliphatic heterocycles. The molecule has 0 radical (unpaired) electrons. The Morgan fingerprint density at radius 3 is 2.52 bits per heavy atom. The van der Waals surface area contributed by atoms with Gasteiger partial charge in [-0.2, -0.15) is 5.10 Å². The lowest BCUT2D eigenvalue weighted by atomic mass is 10.1. The summed E-state index contributed by atoms with van der Waals surface area (Å²) in [4.78, 5) is 31.0. The maximum atomic E-state index is 12.9. The fraction of sp³-hybridized carbons (Fsp3) is 0.556. The number of rotatable bonds is 6. The molecular weight excluding hydrogens is 318 g/mol. The van der Waals surface area contributed by atoms with Crippen LogP contribution in [0.3, 0.4) is 0 Å². The van der Waals surface area contributed by atoms with Crippen molar-refractivity contribution in [3.8, 4) is 0 Å². The fourth-order valence-corrected chi connectivity index (χ4v) is 2.70. The molecular formula is C18H27N5O2. The Labute approximate surface area is 148 Å². The first-order valence-corrected chi connectivity index (χ1v) is 8.68. The molecule has 25 heavy (non-hydrogen) atoms. The molecule has 0 bridgehead atoms. The highest BCUT2D eigenvalue weighted by Gasteiger charge is 2.21. The molecule has 0 saturated carbocycles. The largest absolute Gasteiger partial charge is 0.352 e. The van der Waals surface area contributed by atoms with Gasteiger partial charge in [-0.05, 0) is 47.6 Å². The van der Waals surface area contributed by atoms with Crippen molar-refractivity contribution in [1.29, 1.82) is 0 Å². The van der Waals surface area contributed by atoms with Crippen molar-refractivity contribution >= 4 is 22.8 Å². The molecule has 0 fully saturated rings. The Morgan fingerprint density at radius 2 is 1.96 bits per heavy atom. The molecule has 2 heterocycles. The molecule has 0 saturated heterocycles. The standard InChI is InChI=1S/C18H27N5O2/c1-7-22(10-16(24)20-11(2)3)18(25)15-8-14-9-19-23(12(4)5)17(14)21-13(15)6/h8-9,11-12H,7,10H2,1-6H3,(H,20,24). The van der Waals surface area contributed by atoms with E-state index < -0.39 is 0 Å². The van der Waals surface area contributed by atoms with Gasteiger partial charge in [-0.1, -0.05) is 0 Å². The molecule has 2 rings (SSSR count). The van der Waals surface area contributed by atoms with Crippen molar-refractivity contribution in [3.05, 3.63) is 23.5 Å². The quantitative estimate of drug-likeness (QED) is 0.871. The van der Waals surface area contributed by atoms with E-state index in [1.54, 1.807) is 6.20 Å². The Balaban J connectivity index is 2.31. The molecule has 7 heteroatoms. The average Bonchev–Trinajstić information content (AvgIpc) is 2.93. The maximum absolute atomic E-state index is 12.9. The zero-order valence-electron chi connectivity index (χ0n) is 15.8. The minimum atomic E-state index is -0.189. The number of hydrogen-bond donors (Lipinski definition) is 1. The van der Waals surface area contributed by atoms with Crippen LogP contribution in [-0.2, 0) is 4.79 Å². The van der Waals surface area contributed by atoms with Crippen LogP contribution in [-0.4, -0.2) is 50.6 Å². The number of pyridine rings is 1. The van der Waals surface area contributed by atoms with Gasteiger partial charge in [0, 0.05) is 24.0 Å². The van der Waals surface area contributed by atoms with E-state index in [0.29, 0.717) is 17.8 Å². The van der Waals surface area contributed by atoms with Gasteiger partial charge in [0.1, 0.15) is 0 Å². The van der Waals surface area contributed by atoms with E-state index in [1.807, 2.05) is 52.3 Å². The molecule has 2 amide bonds. The molecule has 2 aromatic heterocycles. The lowest BCUT2D eigenvalue weighted by Crippen LogP contribution is -2.42. The van der Waals surface area contributed by atoms with Crippen molar-refractivity contribution in [2.24, 2.45) is 0 Å². The van der Waals surface area contributed by atoms with Crippen molar-refractivity contribution in [2.45, 2.75) is 53.6 Å². The molecule has 0 atom stereocenters. The van der Waals surface area contributed by atoms with Gasteiger partial charge >= 0.3 is 0 Å². The molecule has 0 aliphatic carbocycles. The molecule has 0 aromatic carbocycles. The Kier molecular flexibility index (Phi) is 5.77. The minimum absolute atomic E-state index is 0.0379. The number of nitrogens with one attached hydrogen (secondary N) is 1. The lowest BCUT2D eigenvalue weighted by molar-refractivity contribution is -0.122. The second-order valence-corrected chi connectivity index (χ2v) is 6.76. The number of hydrogen-bond acceptors (Lipinski definition) is 4. The summed E-state index contributed by atoms with van der Waals surface area (Å²) in [6.07, 6.45) is 1.72. The number of amides is 2. The Hall–Kier alpha value is -2.44. The Bertz CT molecular complexity index is 779. The second kappa shape index (κ2) is 7.63. The molecule has 0 unspecified atom stereocenters. The SMILES string of the molecule is CCN(CC(=O)NC(C)C)C(=O)c1cc2cnn(C(C)C)c2nc1C. The van der Waals surface area contributed by atoms with Gasteiger partial charge in [0.25, 0.3) is 5.91 Å². The third kappa shape index (κ3) is 4.15. The van der Waals surface area contributed by atoms with Crippen LogP contribution >= 0.6 is 0 Å². The number of aromatic nitrogens is 3. The molecule has 2 aromatic rings. The number of likely N-dealkylation sites (N-methyl/N-ethyl adjacent to an activating group) is 1. The lowest BCUT2D eigenvalue weighted by Gasteiger charge is -2.22. The van der Waals surface area contributed by atoms with Gasteiger partial charge in [0.05, 0.1) is 24.0 Å². The normalized spacial score (nSPS) is 11.4. The predicted molar refractivity (Wildman–Crippen MR) is 97.5 cm³/mol. The maximum Gasteiger partial charge on any atom is 0.256 e. The van der Waals surface area contributed by atoms with Gasteiger partial charge in [-0.15, -0.1) is 0 Å². The zero-order chi connectivity index (χ0) is 18.7. The zero-order valence-corrected chi connectivity index (χ0v) is 15.8. The fourth-order valence-electron chi connectivity index (χ4n) is 2.70. The summed E-state index contributed by atoms with van der Waals surface area (Å²) >= 11 is 0. The molecule has 136 valence electrons. The van der Waals surface area contributed by atoms with Gasteiger partial charge in [0.2, 0.25) is 5.91 Å². The topological polar surface area (TPSA) is 80.1 Å². The average molecular weight is 345 g/mol. The van der Waals surface area contributed by atoms with Crippen LogP contribution in [0.1, 0.15) is 56.7 Å². The number of nitrogens with zero attached hydrogens (tertiary/aromatic N) is 4. The summed E-state index contributed by atoms with van der Waals surface area (Å²) in [5, 5.41) is 7.98. The van der Waals surface area contributed by atoms with Gasteiger partial charge in [-0.25, -0.2) is 9.67 Å². The first-order valence-electron chi connectivity index (χ1n) is 8.68. The van der Waals surface area contributed by atoms with E-state index in [1.165, 1.54) is 4.90 Å². The third-order valence-electron chi connectivity index (χ3n) is 3.93. The van der Waals surface area contributed by atoms with Gasteiger partial charge < -0.3 is 10.2 Å². The third-order valence-corrected chi connectivity index (χ3v) is 3.93. The highest BCUT2D eigenvalue weighted by Crippen LogP contribution is 2.20. The Morgan fingerprint density at radius 1 is 1.28 bits per heavy atom. The molecule has 0 aliphatic rings. The second-order valence-electron chi connectivity index (χ2n) is 6.76. The van der Waals surface area contributed by atoms with Crippen LogP contribution in [0.5, 0.6) is 0 Å². The van der Waals surface area contributed by atoms with Crippen molar-refractivity contribution in [2.75, 3.05) is 13.1 Å². The van der Waals surface area contributed by atoms with Crippen LogP contribution in [0.2, 0.25) is 0 Å². The van der Waals surface area contributed by atoms with Crippen LogP contribution in [0.25, 0.3) is 11.0 Å². The summed E-state index contributed by atoms with van der Waals surface area (Å²) in [5.41, 5.74) is 1.92. The summed E-state index contributed by atoms with van der Waals surface area (Å²) in [5.74, 6) is -0.352. The number of aryl methyl sites for hydroxylation is 1. The molecule has 7 nitrogen and oxygen atoms in total. The van der Waals surface area contributed by atoms with E-state index in [0.717, 1.165) is 11.0 Å². The van der Waals surface area contributed by atoms with Crippen LogP contribution < -0.4 is 5.32 Å². The number of carbonyl (C=O) groups is 2. The van der Waals surface area contributed by atoms with Crippen molar-refractivity contribution in [1.82, 2.24) is 25.0 Å². The van der Waals surface area contributed by atoms with E-state index in [-0.39, 0.29) is 30.4 Å². The van der Waals surface area contributed by atoms with Crippen LogP contribution in [0, 0.1) is 6.92 Å². The summed E-state index contributed by atoms with van der Waals surface area (Å²) in [7, 11) is 0. The van der Waals surface area contributed by atoms with E-state index >= 15 is 0 Å². The highest BCUT2D eigenvalue weighted by molar-refractivity contribution is 5.99. The monoisotopic (exact) mass is 345 g/mol. The van der Waals surface area contributed by atoms with Gasteiger partial charge in [0.15, 0.2) is 5.65 Å². The first-order chi connectivity index (χ1) is 11.7. The smallest absolute Gasteiger partial charge is 0.256 e. The molecule has 1 N–H and O–H groups in total. The van der Waals surface area contributed by atoms with Gasteiger partial charge in [-0.3, -0.25) is 9.59 Å². The number of carbonyl (C=O) groups excluding carboxylic acids is 2. The van der Waals surface area contributed by atoms with E-state index in [2.05, 4.69) is 15.4 Å². The van der Waals surface area contributed by atoms with Crippen LogP contribution in [0.15, 0.2) is 12.3 Å². The predicted octanol–water partition coefficient (Wildman–Crippen LogP) is 2.31. The summed E-state index contributed by atoms with van der Waals surface area (Å²) in [6, 6.07) is 2.05. The van der Waals surface area contributed by atoms with Crippen molar-refractivity contribution in [3.63, 3.8) is 0 Å². The van der Waals surface area contributed by atoms with E-state index in [4.69, 9.17) is 0 Å². The first kappa shape index (κ1) is 18.9. The summed E-state index contributed by atoms with van der Waals surface area (Å²) < 4.78 is 1.84. The van der Waals surface area contributed by atoms with Crippen molar-refractivity contribution < 1.29 is 9.59 Å². The molecule has 0 spiro atoms. The van der Waals surface area contributed by atoms with Crippen LogP contribution in [0.4, 0.5) is 0 Å². The summed E-state index contributed by atoms with van der Waals surface area (Å²) in [6.45, 7) is 12.0. The number of fused-ring (bicyclic) bond motifs is 1. The highest BCUT2D eigenvalue weighted by atomic mass is 16.2.